The number of aromatic hydroxyl groups is 1. The number of H-pyrrole nitrogens is 1. The number of rotatable bonds is 2. The lowest BCUT2D eigenvalue weighted by atomic mass is 10.2. The Morgan fingerprint density at radius 3 is 3.00 bits per heavy atom. The van der Waals surface area contributed by atoms with Crippen molar-refractivity contribution in [3.63, 3.8) is 0 Å². The van der Waals surface area contributed by atoms with Gasteiger partial charge in [-0.25, -0.2) is 0 Å². The van der Waals surface area contributed by atoms with Crippen molar-refractivity contribution in [3.8, 4) is 17.1 Å². The summed E-state index contributed by atoms with van der Waals surface area (Å²) in [5.74, 6) is 0.782. The van der Waals surface area contributed by atoms with Crippen LogP contribution >= 0.6 is 23.8 Å². The zero-order chi connectivity index (χ0) is 11.7. The van der Waals surface area contributed by atoms with Gasteiger partial charge in [0, 0.05) is 12.1 Å². The largest absolute Gasteiger partial charge is 0.508 e. The van der Waals surface area contributed by atoms with E-state index in [1.165, 1.54) is 6.07 Å². The van der Waals surface area contributed by atoms with Crippen molar-refractivity contribution in [1.29, 1.82) is 0 Å². The van der Waals surface area contributed by atoms with E-state index in [1.807, 2.05) is 11.5 Å². The lowest BCUT2D eigenvalue weighted by Crippen LogP contribution is -1.97. The molecule has 0 amide bonds. The van der Waals surface area contributed by atoms with Crippen LogP contribution in [0.2, 0.25) is 5.02 Å². The maximum absolute atomic E-state index is 9.44. The monoisotopic (exact) mass is 255 g/mol. The number of nitrogens with one attached hydrogen (secondary N) is 1. The number of hydrogen-bond acceptors (Lipinski definition) is 3. The highest BCUT2D eigenvalue weighted by atomic mass is 35.5. The minimum Gasteiger partial charge on any atom is -0.508 e. The van der Waals surface area contributed by atoms with Crippen molar-refractivity contribution in [3.05, 3.63) is 28.0 Å². The summed E-state index contributed by atoms with van der Waals surface area (Å²) in [6, 6.07) is 4.73. The summed E-state index contributed by atoms with van der Waals surface area (Å²) in [5, 5.41) is 16.8. The molecule has 1 heterocycles. The summed E-state index contributed by atoms with van der Waals surface area (Å²) in [6.45, 7) is 2.65. The Bertz CT molecular complexity index is 576. The normalized spacial score (nSPS) is 10.6. The van der Waals surface area contributed by atoms with E-state index in [4.69, 9.17) is 23.8 Å². The van der Waals surface area contributed by atoms with Gasteiger partial charge in [-0.1, -0.05) is 11.6 Å². The van der Waals surface area contributed by atoms with E-state index in [-0.39, 0.29) is 5.75 Å². The van der Waals surface area contributed by atoms with E-state index >= 15 is 0 Å². The Kier molecular flexibility index (Phi) is 2.98. The van der Waals surface area contributed by atoms with E-state index in [1.54, 1.807) is 12.1 Å². The molecule has 0 aliphatic rings. The molecule has 2 rings (SSSR count). The standard InChI is InChI=1S/C10H10ClN3OS/c1-2-14-9(12-13-10(14)16)7-5-6(15)3-4-8(7)11/h3-5,15H,2H2,1H3,(H,13,16). The van der Waals surface area contributed by atoms with Crippen LogP contribution in [0, 0.1) is 4.77 Å². The van der Waals surface area contributed by atoms with Crippen molar-refractivity contribution >= 4 is 23.8 Å². The molecule has 0 saturated heterocycles. The van der Waals surface area contributed by atoms with Crippen molar-refractivity contribution in [2.24, 2.45) is 0 Å². The third-order valence-corrected chi connectivity index (χ3v) is 2.91. The third kappa shape index (κ3) is 1.83. The van der Waals surface area contributed by atoms with Gasteiger partial charge in [-0.3, -0.25) is 5.10 Å². The first-order valence-electron chi connectivity index (χ1n) is 4.77. The number of hydrogen-bond donors (Lipinski definition) is 2. The molecule has 0 fully saturated rings. The van der Waals surface area contributed by atoms with Gasteiger partial charge in [-0.2, -0.15) is 5.10 Å². The van der Waals surface area contributed by atoms with Gasteiger partial charge in [0.15, 0.2) is 10.6 Å². The lowest BCUT2D eigenvalue weighted by Gasteiger charge is -2.05. The van der Waals surface area contributed by atoms with Crippen molar-refractivity contribution in [2.45, 2.75) is 13.5 Å². The van der Waals surface area contributed by atoms with Crippen molar-refractivity contribution in [1.82, 2.24) is 14.8 Å². The minimum absolute atomic E-state index is 0.149. The smallest absolute Gasteiger partial charge is 0.195 e. The Morgan fingerprint density at radius 2 is 2.31 bits per heavy atom. The van der Waals surface area contributed by atoms with Crippen LogP contribution in [0.3, 0.4) is 0 Å². The highest BCUT2D eigenvalue weighted by Crippen LogP contribution is 2.29. The molecular weight excluding hydrogens is 246 g/mol. The molecule has 1 aromatic carbocycles. The molecule has 0 aliphatic heterocycles. The van der Waals surface area contributed by atoms with Crippen LogP contribution in [0.4, 0.5) is 0 Å². The van der Waals surface area contributed by atoms with Gasteiger partial charge < -0.3 is 9.67 Å². The number of aromatic amines is 1. The summed E-state index contributed by atoms with van der Waals surface area (Å²) in [5.41, 5.74) is 0.663. The first kappa shape index (κ1) is 11.2. The number of phenolic OH excluding ortho intramolecular Hbond substituents is 1. The molecule has 84 valence electrons. The van der Waals surface area contributed by atoms with Crippen LogP contribution in [0.15, 0.2) is 18.2 Å². The molecule has 0 bridgehead atoms. The zero-order valence-corrected chi connectivity index (χ0v) is 10.1. The Morgan fingerprint density at radius 1 is 1.56 bits per heavy atom. The predicted molar refractivity (Wildman–Crippen MR) is 65.2 cm³/mol. The van der Waals surface area contributed by atoms with Crippen molar-refractivity contribution in [2.75, 3.05) is 0 Å². The molecule has 0 radical (unpaired) electrons. The second-order valence-corrected chi connectivity index (χ2v) is 4.05. The number of benzene rings is 1. The second kappa shape index (κ2) is 4.27. The number of nitrogens with zero attached hydrogens (tertiary/aromatic N) is 2. The van der Waals surface area contributed by atoms with Crippen LogP contribution < -0.4 is 0 Å². The first-order valence-corrected chi connectivity index (χ1v) is 5.56. The number of halogens is 1. The van der Waals surface area contributed by atoms with Crippen LogP contribution in [0.5, 0.6) is 5.75 Å². The quantitative estimate of drug-likeness (QED) is 0.811. The minimum atomic E-state index is 0.149. The molecule has 6 heteroatoms. The molecule has 2 aromatic rings. The summed E-state index contributed by atoms with van der Waals surface area (Å²) in [4.78, 5) is 0. The van der Waals surface area contributed by atoms with Gasteiger partial charge in [0.1, 0.15) is 5.75 Å². The molecule has 0 spiro atoms. The molecule has 0 saturated carbocycles. The Hall–Kier alpha value is -1.33. The van der Waals surface area contributed by atoms with Gasteiger partial charge >= 0.3 is 0 Å². The summed E-state index contributed by atoms with van der Waals surface area (Å²) in [6.07, 6.45) is 0. The predicted octanol–water partition coefficient (Wildman–Crippen LogP) is 2.99. The molecule has 0 aliphatic carbocycles. The Labute approximate surface area is 103 Å². The molecule has 4 nitrogen and oxygen atoms in total. The summed E-state index contributed by atoms with van der Waals surface area (Å²) in [7, 11) is 0. The van der Waals surface area contributed by atoms with Crippen LogP contribution in [-0.2, 0) is 6.54 Å². The van der Waals surface area contributed by atoms with Gasteiger partial charge in [0.25, 0.3) is 0 Å². The van der Waals surface area contributed by atoms with Crippen LogP contribution in [0.25, 0.3) is 11.4 Å². The van der Waals surface area contributed by atoms with E-state index in [0.29, 0.717) is 27.7 Å². The van der Waals surface area contributed by atoms with Crippen molar-refractivity contribution < 1.29 is 5.11 Å². The molecule has 0 atom stereocenters. The fraction of sp³-hybridized carbons (Fsp3) is 0.200. The van der Waals surface area contributed by atoms with Gasteiger partial charge in [0.2, 0.25) is 0 Å². The zero-order valence-electron chi connectivity index (χ0n) is 8.57. The van der Waals surface area contributed by atoms with Crippen LogP contribution in [0.1, 0.15) is 6.92 Å². The van der Waals surface area contributed by atoms with E-state index in [9.17, 15) is 5.11 Å². The highest BCUT2D eigenvalue weighted by molar-refractivity contribution is 7.71. The maximum Gasteiger partial charge on any atom is 0.195 e. The van der Waals surface area contributed by atoms with Gasteiger partial charge in [-0.05, 0) is 37.3 Å². The van der Waals surface area contributed by atoms with Crippen LogP contribution in [-0.4, -0.2) is 19.9 Å². The molecular formula is C10H10ClN3OS. The highest BCUT2D eigenvalue weighted by Gasteiger charge is 2.11. The molecule has 2 N–H and O–H groups in total. The molecule has 16 heavy (non-hydrogen) atoms. The first-order chi connectivity index (χ1) is 7.63. The summed E-state index contributed by atoms with van der Waals surface area (Å²) >= 11 is 11.1. The average molecular weight is 256 g/mol. The summed E-state index contributed by atoms with van der Waals surface area (Å²) < 4.78 is 2.35. The second-order valence-electron chi connectivity index (χ2n) is 3.26. The SMILES string of the molecule is CCn1c(-c2cc(O)ccc2Cl)n[nH]c1=S. The third-order valence-electron chi connectivity index (χ3n) is 2.27. The number of aromatic nitrogens is 3. The molecule has 1 aromatic heterocycles. The lowest BCUT2D eigenvalue weighted by molar-refractivity contribution is 0.475. The van der Waals surface area contributed by atoms with Gasteiger partial charge in [0.05, 0.1) is 5.02 Å². The fourth-order valence-corrected chi connectivity index (χ4v) is 1.96. The van der Waals surface area contributed by atoms with E-state index < -0.39 is 0 Å². The average Bonchev–Trinajstić information content (AvgIpc) is 2.63. The topological polar surface area (TPSA) is 53.8 Å². The maximum atomic E-state index is 9.44. The molecule has 0 unspecified atom stereocenters. The Balaban J connectivity index is 2.67. The van der Waals surface area contributed by atoms with Gasteiger partial charge in [-0.15, -0.1) is 0 Å². The fourth-order valence-electron chi connectivity index (χ4n) is 1.50. The number of phenols is 1. The van der Waals surface area contributed by atoms with E-state index in [0.717, 1.165) is 0 Å². The van der Waals surface area contributed by atoms with E-state index in [2.05, 4.69) is 10.2 Å².